The SMILES string of the molecule is C#CCCNC1(CN)CCOC1C. The molecular weight excluding hydrogens is 164 g/mol. The van der Waals surface area contributed by atoms with E-state index in [0.29, 0.717) is 6.54 Å². The molecule has 1 heterocycles. The van der Waals surface area contributed by atoms with Gasteiger partial charge in [0.1, 0.15) is 0 Å². The Kier molecular flexibility index (Phi) is 3.73. The fourth-order valence-electron chi connectivity index (χ4n) is 1.74. The Labute approximate surface area is 80.0 Å². The zero-order chi connectivity index (χ0) is 9.73. The van der Waals surface area contributed by atoms with Crippen molar-refractivity contribution < 1.29 is 4.74 Å². The first-order chi connectivity index (χ1) is 6.25. The summed E-state index contributed by atoms with van der Waals surface area (Å²) < 4.78 is 5.50. The van der Waals surface area contributed by atoms with Crippen molar-refractivity contribution in [2.45, 2.75) is 31.4 Å². The summed E-state index contributed by atoms with van der Waals surface area (Å²) >= 11 is 0. The zero-order valence-electron chi connectivity index (χ0n) is 8.18. The standard InChI is InChI=1S/C10H18N2O/c1-3-4-6-12-10(8-11)5-7-13-9(10)2/h1,9,12H,4-8,11H2,2H3. The Balaban J connectivity index is 2.45. The maximum Gasteiger partial charge on any atom is 0.0741 e. The minimum atomic E-state index is -0.0448. The molecule has 0 aliphatic carbocycles. The van der Waals surface area contributed by atoms with Crippen molar-refractivity contribution in [1.82, 2.24) is 5.32 Å². The van der Waals surface area contributed by atoms with E-state index in [4.69, 9.17) is 16.9 Å². The van der Waals surface area contributed by atoms with Gasteiger partial charge in [-0.3, -0.25) is 0 Å². The largest absolute Gasteiger partial charge is 0.376 e. The van der Waals surface area contributed by atoms with Crippen LogP contribution in [0.5, 0.6) is 0 Å². The van der Waals surface area contributed by atoms with Crippen molar-refractivity contribution in [3.63, 3.8) is 0 Å². The summed E-state index contributed by atoms with van der Waals surface area (Å²) in [6.07, 6.45) is 7.10. The van der Waals surface area contributed by atoms with Crippen molar-refractivity contribution in [3.8, 4) is 12.3 Å². The highest BCUT2D eigenvalue weighted by atomic mass is 16.5. The fraction of sp³-hybridized carbons (Fsp3) is 0.800. The lowest BCUT2D eigenvalue weighted by atomic mass is 9.92. The molecule has 0 amide bonds. The van der Waals surface area contributed by atoms with E-state index in [9.17, 15) is 0 Å². The third-order valence-electron chi connectivity index (χ3n) is 2.80. The molecule has 1 aliphatic heterocycles. The number of terminal acetylenes is 1. The van der Waals surface area contributed by atoms with Crippen LogP contribution < -0.4 is 11.1 Å². The van der Waals surface area contributed by atoms with Gasteiger partial charge in [0.05, 0.1) is 11.6 Å². The van der Waals surface area contributed by atoms with E-state index in [2.05, 4.69) is 18.2 Å². The van der Waals surface area contributed by atoms with Crippen LogP contribution in [0.25, 0.3) is 0 Å². The van der Waals surface area contributed by atoms with Crippen LogP contribution in [0.15, 0.2) is 0 Å². The molecule has 1 fully saturated rings. The highest BCUT2D eigenvalue weighted by Gasteiger charge is 2.39. The van der Waals surface area contributed by atoms with Crippen molar-refractivity contribution >= 4 is 0 Å². The van der Waals surface area contributed by atoms with E-state index in [1.165, 1.54) is 0 Å². The van der Waals surface area contributed by atoms with Crippen LogP contribution >= 0.6 is 0 Å². The van der Waals surface area contributed by atoms with Gasteiger partial charge in [-0.25, -0.2) is 0 Å². The third-order valence-corrected chi connectivity index (χ3v) is 2.80. The first kappa shape index (κ1) is 10.5. The summed E-state index contributed by atoms with van der Waals surface area (Å²) in [4.78, 5) is 0. The first-order valence-corrected chi connectivity index (χ1v) is 4.75. The summed E-state index contributed by atoms with van der Waals surface area (Å²) in [6.45, 7) is 4.28. The molecule has 3 nitrogen and oxygen atoms in total. The molecule has 3 heteroatoms. The number of hydrogen-bond acceptors (Lipinski definition) is 3. The number of nitrogens with two attached hydrogens (primary N) is 1. The topological polar surface area (TPSA) is 47.3 Å². The summed E-state index contributed by atoms with van der Waals surface area (Å²) in [5.74, 6) is 2.60. The van der Waals surface area contributed by atoms with Crippen LogP contribution in [-0.4, -0.2) is 31.3 Å². The molecule has 1 rings (SSSR count). The number of ether oxygens (including phenoxy) is 1. The molecule has 3 N–H and O–H groups in total. The monoisotopic (exact) mass is 182 g/mol. The van der Waals surface area contributed by atoms with E-state index in [0.717, 1.165) is 26.0 Å². The second-order valence-electron chi connectivity index (χ2n) is 3.50. The van der Waals surface area contributed by atoms with E-state index in [1.54, 1.807) is 0 Å². The lowest BCUT2D eigenvalue weighted by molar-refractivity contribution is 0.0857. The summed E-state index contributed by atoms with van der Waals surface area (Å²) in [5, 5.41) is 3.40. The first-order valence-electron chi connectivity index (χ1n) is 4.75. The molecule has 74 valence electrons. The van der Waals surface area contributed by atoms with Gasteiger partial charge in [-0.1, -0.05) is 0 Å². The van der Waals surface area contributed by atoms with Gasteiger partial charge in [-0.05, 0) is 13.3 Å². The number of hydrogen-bond donors (Lipinski definition) is 2. The molecule has 2 unspecified atom stereocenters. The van der Waals surface area contributed by atoms with Crippen molar-refractivity contribution in [3.05, 3.63) is 0 Å². The van der Waals surface area contributed by atoms with Gasteiger partial charge in [0, 0.05) is 26.1 Å². The van der Waals surface area contributed by atoms with Crippen LogP contribution in [0, 0.1) is 12.3 Å². The van der Waals surface area contributed by atoms with Gasteiger partial charge in [0.2, 0.25) is 0 Å². The fourth-order valence-corrected chi connectivity index (χ4v) is 1.74. The molecule has 0 radical (unpaired) electrons. The Morgan fingerprint density at radius 2 is 2.54 bits per heavy atom. The predicted octanol–water partition coefficient (Wildman–Crippen LogP) is 0.106. The summed E-state index contributed by atoms with van der Waals surface area (Å²) in [6, 6.07) is 0. The van der Waals surface area contributed by atoms with E-state index >= 15 is 0 Å². The molecule has 0 aromatic carbocycles. The smallest absolute Gasteiger partial charge is 0.0741 e. The van der Waals surface area contributed by atoms with E-state index < -0.39 is 0 Å². The highest BCUT2D eigenvalue weighted by Crippen LogP contribution is 2.24. The van der Waals surface area contributed by atoms with E-state index in [-0.39, 0.29) is 11.6 Å². The van der Waals surface area contributed by atoms with E-state index in [1.807, 2.05) is 0 Å². The Hall–Kier alpha value is -0.560. The Bertz CT molecular complexity index is 200. The zero-order valence-corrected chi connectivity index (χ0v) is 8.18. The van der Waals surface area contributed by atoms with Crippen LogP contribution in [0.4, 0.5) is 0 Å². The summed E-state index contributed by atoms with van der Waals surface area (Å²) in [5.41, 5.74) is 5.70. The molecule has 0 spiro atoms. The predicted molar refractivity (Wildman–Crippen MR) is 53.3 cm³/mol. The Morgan fingerprint density at radius 3 is 3.00 bits per heavy atom. The third kappa shape index (κ3) is 2.22. The van der Waals surface area contributed by atoms with Crippen molar-refractivity contribution in [2.24, 2.45) is 5.73 Å². The average Bonchev–Trinajstić information content (AvgIpc) is 2.49. The lowest BCUT2D eigenvalue weighted by Gasteiger charge is -2.31. The summed E-state index contributed by atoms with van der Waals surface area (Å²) in [7, 11) is 0. The second kappa shape index (κ2) is 4.61. The molecule has 0 aromatic heterocycles. The quantitative estimate of drug-likeness (QED) is 0.479. The molecular formula is C10H18N2O. The number of rotatable bonds is 4. The van der Waals surface area contributed by atoms with Gasteiger partial charge >= 0.3 is 0 Å². The van der Waals surface area contributed by atoms with Gasteiger partial charge < -0.3 is 15.8 Å². The molecule has 13 heavy (non-hydrogen) atoms. The minimum Gasteiger partial charge on any atom is -0.376 e. The molecule has 1 aliphatic rings. The molecule has 2 atom stereocenters. The molecule has 0 saturated carbocycles. The Morgan fingerprint density at radius 1 is 1.77 bits per heavy atom. The van der Waals surface area contributed by atoms with Crippen LogP contribution in [0.3, 0.4) is 0 Å². The normalized spacial score (nSPS) is 33.2. The van der Waals surface area contributed by atoms with Crippen LogP contribution in [-0.2, 0) is 4.74 Å². The minimum absolute atomic E-state index is 0.0448. The van der Waals surface area contributed by atoms with Crippen molar-refractivity contribution in [2.75, 3.05) is 19.7 Å². The van der Waals surface area contributed by atoms with Crippen molar-refractivity contribution in [1.29, 1.82) is 0 Å². The molecule has 0 bridgehead atoms. The van der Waals surface area contributed by atoms with Crippen LogP contribution in [0.2, 0.25) is 0 Å². The lowest BCUT2D eigenvalue weighted by Crippen LogP contribution is -2.56. The average molecular weight is 182 g/mol. The maximum atomic E-state index is 5.75. The second-order valence-corrected chi connectivity index (χ2v) is 3.50. The van der Waals surface area contributed by atoms with Gasteiger partial charge in [-0.2, -0.15) is 0 Å². The van der Waals surface area contributed by atoms with Gasteiger partial charge in [-0.15, -0.1) is 12.3 Å². The van der Waals surface area contributed by atoms with Crippen LogP contribution in [0.1, 0.15) is 19.8 Å². The van der Waals surface area contributed by atoms with Gasteiger partial charge in [0.25, 0.3) is 0 Å². The molecule has 1 saturated heterocycles. The number of nitrogens with one attached hydrogen (secondary N) is 1. The molecule has 0 aromatic rings. The highest BCUT2D eigenvalue weighted by molar-refractivity contribution is 4.99. The maximum absolute atomic E-state index is 5.75. The van der Waals surface area contributed by atoms with Gasteiger partial charge in [0.15, 0.2) is 0 Å².